The largest absolute Gasteiger partial charge is 0.256 e. The summed E-state index contributed by atoms with van der Waals surface area (Å²) >= 11 is 0. The first-order valence-electron chi connectivity index (χ1n) is 10.1. The number of pyridine rings is 1. The lowest BCUT2D eigenvalue weighted by molar-refractivity contribution is 0.723. The van der Waals surface area contributed by atoms with E-state index in [0.717, 1.165) is 48.1 Å². The third-order valence-electron chi connectivity index (χ3n) is 5.02. The first kappa shape index (κ1) is 14.9. The van der Waals surface area contributed by atoms with Crippen LogP contribution in [0.2, 0.25) is 19.6 Å². The molecular formula is C22H31NSi. The van der Waals surface area contributed by atoms with E-state index in [1.165, 1.54) is 5.19 Å². The number of hydrogen-bond acceptors (Lipinski definition) is 1. The second-order valence-corrected chi connectivity index (χ2v) is 13.3. The van der Waals surface area contributed by atoms with Crippen molar-refractivity contribution < 1.29 is 2.74 Å². The minimum absolute atomic E-state index is 0.439. The monoisotopic (exact) mass is 339 g/mol. The van der Waals surface area contributed by atoms with Crippen molar-refractivity contribution in [3.8, 4) is 11.3 Å². The van der Waals surface area contributed by atoms with Crippen LogP contribution in [0.5, 0.6) is 0 Å². The topological polar surface area (TPSA) is 12.9 Å². The van der Waals surface area contributed by atoms with Crippen LogP contribution in [0.3, 0.4) is 0 Å². The van der Waals surface area contributed by atoms with Gasteiger partial charge in [-0.25, -0.2) is 0 Å². The van der Waals surface area contributed by atoms with Gasteiger partial charge in [0, 0.05) is 14.5 Å². The predicted octanol–water partition coefficient (Wildman–Crippen LogP) is 6.07. The van der Waals surface area contributed by atoms with Gasteiger partial charge < -0.3 is 0 Å². The first-order valence-corrected chi connectivity index (χ1v) is 12.6. The summed E-state index contributed by atoms with van der Waals surface area (Å²) in [6.45, 7) is 10.9. The fourth-order valence-corrected chi connectivity index (χ4v) is 5.20. The van der Waals surface area contributed by atoms with Crippen molar-refractivity contribution in [2.45, 2.75) is 71.0 Å². The Morgan fingerprint density at radius 2 is 1.88 bits per heavy atom. The molecule has 3 rings (SSSR count). The maximum absolute atomic E-state index is 8.79. The van der Waals surface area contributed by atoms with Crippen LogP contribution in [0.1, 0.15) is 65.2 Å². The summed E-state index contributed by atoms with van der Waals surface area (Å²) in [5.41, 5.74) is 4.18. The molecule has 1 aromatic carbocycles. The van der Waals surface area contributed by atoms with E-state index in [0.29, 0.717) is 0 Å². The molecule has 1 aromatic heterocycles. The third kappa shape index (κ3) is 3.64. The van der Waals surface area contributed by atoms with Crippen molar-refractivity contribution in [3.63, 3.8) is 0 Å². The third-order valence-corrected chi connectivity index (χ3v) is 7.04. The van der Waals surface area contributed by atoms with Crippen LogP contribution in [0.25, 0.3) is 11.3 Å². The van der Waals surface area contributed by atoms with Crippen molar-refractivity contribution >= 4 is 13.3 Å². The Morgan fingerprint density at radius 3 is 2.50 bits per heavy atom. The highest BCUT2D eigenvalue weighted by Crippen LogP contribution is 2.35. The van der Waals surface area contributed by atoms with E-state index in [-0.39, 0.29) is 0 Å². The van der Waals surface area contributed by atoms with Gasteiger partial charge in [0.05, 0.1) is 13.8 Å². The highest BCUT2D eigenvalue weighted by atomic mass is 28.3. The lowest BCUT2D eigenvalue weighted by Gasteiger charge is -2.23. The minimum atomic E-state index is -1.57. The summed E-state index contributed by atoms with van der Waals surface area (Å²) < 4.78 is 17.4. The van der Waals surface area contributed by atoms with Gasteiger partial charge in [-0.15, -0.1) is 0 Å². The predicted molar refractivity (Wildman–Crippen MR) is 108 cm³/mol. The lowest BCUT2D eigenvalue weighted by atomic mass is 9.94. The maximum Gasteiger partial charge on any atom is 0.0799 e. The van der Waals surface area contributed by atoms with Crippen LogP contribution >= 0.6 is 0 Å². The molecule has 0 radical (unpaired) electrons. The minimum Gasteiger partial charge on any atom is -0.256 e. The Hall–Kier alpha value is -1.41. The van der Waals surface area contributed by atoms with Crippen molar-refractivity contribution in [2.75, 3.05) is 0 Å². The normalized spacial score (nSPS) is 19.0. The zero-order chi connectivity index (χ0) is 19.2. The van der Waals surface area contributed by atoms with Crippen LogP contribution in [-0.4, -0.2) is 13.1 Å². The summed E-state index contributed by atoms with van der Waals surface area (Å²) in [4.78, 5) is 4.77. The van der Waals surface area contributed by atoms with Gasteiger partial charge in [0.1, 0.15) is 0 Å². The van der Waals surface area contributed by atoms with Crippen LogP contribution in [0.4, 0.5) is 0 Å². The molecule has 128 valence electrons. The number of rotatable bonds is 4. The Morgan fingerprint density at radius 1 is 1.17 bits per heavy atom. The Balaban J connectivity index is 2.08. The Labute approximate surface area is 151 Å². The highest BCUT2D eigenvalue weighted by Gasteiger charge is 2.23. The summed E-state index contributed by atoms with van der Waals surface area (Å²) in [6, 6.07) is 10.5. The number of benzene rings is 1. The molecule has 0 aliphatic heterocycles. The smallest absolute Gasteiger partial charge is 0.0799 e. The van der Waals surface area contributed by atoms with Gasteiger partial charge in [-0.05, 0) is 53.1 Å². The van der Waals surface area contributed by atoms with Crippen LogP contribution in [0.15, 0.2) is 36.5 Å². The molecule has 1 fully saturated rings. The zero-order valence-corrected chi connectivity index (χ0v) is 16.7. The molecule has 24 heavy (non-hydrogen) atoms. The number of nitrogens with zero attached hydrogens (tertiary/aromatic N) is 1. The molecule has 0 bridgehead atoms. The number of hydrogen-bond donors (Lipinski definition) is 0. The molecule has 0 N–H and O–H groups in total. The van der Waals surface area contributed by atoms with Crippen molar-refractivity contribution in [1.82, 2.24) is 4.98 Å². The molecule has 0 amide bonds. The zero-order valence-electron chi connectivity index (χ0n) is 17.7. The van der Waals surface area contributed by atoms with Crippen LogP contribution < -0.4 is 5.19 Å². The summed E-state index contributed by atoms with van der Waals surface area (Å²) in [5, 5.41) is 1.27. The molecular weight excluding hydrogens is 306 g/mol. The van der Waals surface area contributed by atoms with Crippen molar-refractivity contribution in [1.29, 1.82) is 0 Å². The quantitative estimate of drug-likeness (QED) is 0.616. The second-order valence-electron chi connectivity index (χ2n) is 8.26. The standard InChI is InChI=1S/C22H31NSi/c1-16(2)20-14-21(23-15-22(20)24(3,4)5)19-12-8-11-18(13-19)17-9-6-7-10-17/h8,11-17H,6-7,9-10H2,1-5H3/i16D,17D. The molecule has 1 saturated carbocycles. The van der Waals surface area contributed by atoms with Crippen LogP contribution in [0, 0.1) is 0 Å². The molecule has 0 saturated heterocycles. The summed E-state index contributed by atoms with van der Waals surface area (Å²) in [5.74, 6) is -1.08. The van der Waals surface area contributed by atoms with E-state index >= 15 is 0 Å². The van der Waals surface area contributed by atoms with Gasteiger partial charge in [-0.2, -0.15) is 0 Å². The van der Waals surface area contributed by atoms with E-state index < -0.39 is 19.9 Å². The Kier molecular flexibility index (Phi) is 4.24. The van der Waals surface area contributed by atoms with Gasteiger partial charge >= 0.3 is 0 Å². The maximum atomic E-state index is 8.79. The highest BCUT2D eigenvalue weighted by molar-refractivity contribution is 6.89. The molecule has 1 aliphatic rings. The molecule has 0 atom stereocenters. The summed E-state index contributed by atoms with van der Waals surface area (Å²) in [7, 11) is -1.57. The van der Waals surface area contributed by atoms with Gasteiger partial charge in [0.15, 0.2) is 0 Å². The molecule has 1 aliphatic carbocycles. The lowest BCUT2D eigenvalue weighted by Crippen LogP contribution is -2.40. The Bertz CT molecular complexity index is 797. The second kappa shape index (κ2) is 6.83. The molecule has 0 unspecified atom stereocenters. The van der Waals surface area contributed by atoms with Crippen molar-refractivity contribution in [2.24, 2.45) is 0 Å². The van der Waals surface area contributed by atoms with Crippen molar-refractivity contribution in [3.05, 3.63) is 47.7 Å². The molecule has 1 heterocycles. The van der Waals surface area contributed by atoms with Gasteiger partial charge in [0.25, 0.3) is 0 Å². The van der Waals surface area contributed by atoms with E-state index in [2.05, 4.69) is 50.0 Å². The van der Waals surface area contributed by atoms with Crippen LogP contribution in [-0.2, 0) is 0 Å². The fraction of sp³-hybridized carbons (Fsp3) is 0.500. The molecule has 0 spiro atoms. The van der Waals surface area contributed by atoms with Gasteiger partial charge in [-0.1, -0.05) is 64.5 Å². The van der Waals surface area contributed by atoms with E-state index in [9.17, 15) is 0 Å². The summed E-state index contributed by atoms with van der Waals surface area (Å²) in [6.07, 6.45) is 6.20. The van der Waals surface area contributed by atoms with Gasteiger partial charge in [-0.3, -0.25) is 4.98 Å². The average Bonchev–Trinajstić information content (AvgIpc) is 3.01. The molecule has 1 nitrogen and oxygen atoms in total. The molecule has 2 heteroatoms. The van der Waals surface area contributed by atoms with E-state index in [1.807, 2.05) is 20.0 Å². The van der Waals surface area contributed by atoms with E-state index in [4.69, 9.17) is 7.73 Å². The fourth-order valence-electron chi connectivity index (χ4n) is 3.61. The molecule has 2 aromatic rings. The van der Waals surface area contributed by atoms with E-state index in [1.54, 1.807) is 0 Å². The number of aromatic nitrogens is 1. The first-order chi connectivity index (χ1) is 12.0. The average molecular weight is 340 g/mol. The van der Waals surface area contributed by atoms with Gasteiger partial charge in [0.2, 0.25) is 0 Å². The SMILES string of the molecule is [2H]C(C)(C)c1cc(-c2cccc(C3([2H])CCCC3)c2)ncc1[Si](C)(C)C.